The number of aliphatic hydroxyl groups excluding tert-OH is 5. The van der Waals surface area contributed by atoms with Gasteiger partial charge in [0.25, 0.3) is 0 Å². The number of hydrogen-bond acceptors (Lipinski definition) is 8. The molecule has 1 aliphatic heterocycles. The topological polar surface area (TPSA) is 149 Å². The molecule has 81 heavy (non-hydrogen) atoms. The first-order chi connectivity index (χ1) is 39.8. The first kappa shape index (κ1) is 76.1. The molecule has 1 aliphatic rings. The highest BCUT2D eigenvalue weighted by atomic mass is 16.7. The number of aliphatic hydroxyl groups is 5. The molecule has 0 saturated carbocycles. The zero-order valence-corrected chi connectivity index (χ0v) is 52.3. The molecule has 9 nitrogen and oxygen atoms in total. The molecule has 1 saturated heterocycles. The van der Waals surface area contributed by atoms with Crippen LogP contribution >= 0.6 is 0 Å². The smallest absolute Gasteiger partial charge is 0.220 e. The van der Waals surface area contributed by atoms with Gasteiger partial charge < -0.3 is 40.3 Å². The van der Waals surface area contributed by atoms with Crippen LogP contribution in [0.1, 0.15) is 296 Å². The lowest BCUT2D eigenvalue weighted by Gasteiger charge is -2.40. The Kier molecular flexibility index (Phi) is 56.6. The Balaban J connectivity index is 2.18. The third kappa shape index (κ3) is 49.1. The van der Waals surface area contributed by atoms with Gasteiger partial charge >= 0.3 is 0 Å². The first-order valence-electron chi connectivity index (χ1n) is 34.0. The van der Waals surface area contributed by atoms with Crippen LogP contribution in [0.15, 0.2) is 97.2 Å². The van der Waals surface area contributed by atoms with Crippen LogP contribution in [0.4, 0.5) is 0 Å². The highest BCUT2D eigenvalue weighted by Crippen LogP contribution is 2.23. The second-order valence-electron chi connectivity index (χ2n) is 23.2. The van der Waals surface area contributed by atoms with Crippen molar-refractivity contribution in [1.82, 2.24) is 5.32 Å². The fraction of sp³-hybridized carbons (Fsp3) is 0.764. The molecule has 0 aromatic rings. The Morgan fingerprint density at radius 2 is 0.765 bits per heavy atom. The second kappa shape index (κ2) is 60.2. The van der Waals surface area contributed by atoms with Gasteiger partial charge in [0.2, 0.25) is 5.91 Å². The van der Waals surface area contributed by atoms with Gasteiger partial charge in [0.05, 0.1) is 25.4 Å². The molecule has 0 bridgehead atoms. The second-order valence-corrected chi connectivity index (χ2v) is 23.2. The number of nitrogens with one attached hydrogen (secondary N) is 1. The van der Waals surface area contributed by atoms with E-state index in [9.17, 15) is 30.3 Å². The molecule has 1 amide bonds. The summed E-state index contributed by atoms with van der Waals surface area (Å²) in [6.07, 6.45) is 80.7. The molecule has 1 heterocycles. The zero-order chi connectivity index (χ0) is 58.6. The molecule has 1 fully saturated rings. The minimum atomic E-state index is -1.58. The standard InChI is InChI=1S/C72H127NO8/c1-3-5-7-9-11-13-15-17-19-21-23-25-27-29-31-32-33-34-36-37-39-41-43-45-47-49-51-53-55-57-59-61-66(75)65(64-80-72-71(79)70(78)69(77)67(63-74)81-72)73-68(76)62-60-58-56-54-52-50-48-46-44-42-40-38-35-30-28-26-24-22-20-18-16-14-12-10-8-6-4-2/h6,8,12,14,18,20,24,26,30,35,40,42,46,48,59,61,65-67,69-72,74-75,77-79H,3-5,7,9-11,13,15-17,19,21-23,25,27-29,31-34,36-39,41,43-45,47,49-58,60,62-64H2,1-2H3,(H,73,76)/b8-6-,14-12-,20-18-,26-24-,35-30-,42-40-,48-46-,61-59+. The van der Waals surface area contributed by atoms with Crippen molar-refractivity contribution < 1.29 is 39.8 Å². The van der Waals surface area contributed by atoms with E-state index in [0.717, 1.165) is 103 Å². The Morgan fingerprint density at radius 3 is 1.14 bits per heavy atom. The van der Waals surface area contributed by atoms with Crippen molar-refractivity contribution in [3.63, 3.8) is 0 Å². The average molecular weight is 1130 g/mol. The number of hydrogen-bond donors (Lipinski definition) is 6. The van der Waals surface area contributed by atoms with Gasteiger partial charge in [0, 0.05) is 6.42 Å². The molecular weight excluding hydrogens is 1010 g/mol. The SMILES string of the molecule is CC/C=C\C/C=C\C/C=C\C/C=C\C/C=C\C/C=C\C/C=C\CCCCCCCC(=O)NC(COC1OC(CO)C(O)C(O)C1O)C(O)/C=C/CCCCCCCCCCCCCCCCCCCCCCCCCCCCCCC. The lowest BCUT2D eigenvalue weighted by Crippen LogP contribution is -2.60. The van der Waals surface area contributed by atoms with Gasteiger partial charge in [0.1, 0.15) is 24.4 Å². The van der Waals surface area contributed by atoms with Crippen LogP contribution in [-0.2, 0) is 14.3 Å². The molecular formula is C72H127NO8. The Bertz CT molecular complexity index is 1600. The number of carbonyl (C=O) groups excluding carboxylic acids is 1. The molecule has 0 spiro atoms. The largest absolute Gasteiger partial charge is 0.394 e. The number of amides is 1. The fourth-order valence-electron chi connectivity index (χ4n) is 10.4. The molecule has 7 atom stereocenters. The van der Waals surface area contributed by atoms with Crippen molar-refractivity contribution in [3.05, 3.63) is 97.2 Å². The summed E-state index contributed by atoms with van der Waals surface area (Å²) >= 11 is 0. The summed E-state index contributed by atoms with van der Waals surface area (Å²) in [5.41, 5.74) is 0. The summed E-state index contributed by atoms with van der Waals surface area (Å²) in [6, 6.07) is -0.825. The van der Waals surface area contributed by atoms with Crippen LogP contribution in [-0.4, -0.2) is 87.5 Å². The van der Waals surface area contributed by atoms with Crippen LogP contribution in [0.3, 0.4) is 0 Å². The number of rotatable bonds is 58. The van der Waals surface area contributed by atoms with Crippen molar-refractivity contribution in [2.24, 2.45) is 0 Å². The van der Waals surface area contributed by atoms with Gasteiger partial charge in [-0.3, -0.25) is 4.79 Å². The number of allylic oxidation sites excluding steroid dienone is 15. The summed E-state index contributed by atoms with van der Waals surface area (Å²) in [5.74, 6) is -0.196. The van der Waals surface area contributed by atoms with E-state index in [1.807, 2.05) is 6.08 Å². The van der Waals surface area contributed by atoms with Crippen LogP contribution in [0.5, 0.6) is 0 Å². The first-order valence-corrected chi connectivity index (χ1v) is 34.0. The van der Waals surface area contributed by atoms with Crippen molar-refractivity contribution in [3.8, 4) is 0 Å². The molecule has 468 valence electrons. The van der Waals surface area contributed by atoms with Crippen molar-refractivity contribution in [2.45, 2.75) is 339 Å². The maximum Gasteiger partial charge on any atom is 0.220 e. The minimum absolute atomic E-state index is 0.196. The van der Waals surface area contributed by atoms with E-state index in [0.29, 0.717) is 6.42 Å². The maximum atomic E-state index is 13.1. The molecule has 1 rings (SSSR count). The molecule has 9 heteroatoms. The lowest BCUT2D eigenvalue weighted by atomic mass is 9.99. The van der Waals surface area contributed by atoms with E-state index in [1.54, 1.807) is 6.08 Å². The third-order valence-electron chi connectivity index (χ3n) is 15.7. The highest BCUT2D eigenvalue weighted by Gasteiger charge is 2.44. The summed E-state index contributed by atoms with van der Waals surface area (Å²) in [6.45, 7) is 3.68. The van der Waals surface area contributed by atoms with Gasteiger partial charge in [0.15, 0.2) is 6.29 Å². The zero-order valence-electron chi connectivity index (χ0n) is 52.3. The van der Waals surface area contributed by atoms with E-state index < -0.39 is 49.5 Å². The Hall–Kier alpha value is -2.89. The predicted octanol–water partition coefficient (Wildman–Crippen LogP) is 18.3. The monoisotopic (exact) mass is 1130 g/mol. The van der Waals surface area contributed by atoms with Crippen LogP contribution in [0, 0.1) is 0 Å². The molecule has 6 N–H and O–H groups in total. The summed E-state index contributed by atoms with van der Waals surface area (Å²) < 4.78 is 11.3. The van der Waals surface area contributed by atoms with Crippen LogP contribution in [0.25, 0.3) is 0 Å². The van der Waals surface area contributed by atoms with Gasteiger partial charge in [-0.25, -0.2) is 0 Å². The van der Waals surface area contributed by atoms with E-state index in [-0.39, 0.29) is 12.5 Å². The van der Waals surface area contributed by atoms with E-state index >= 15 is 0 Å². The molecule has 0 aliphatic carbocycles. The Labute approximate surface area is 498 Å². The third-order valence-corrected chi connectivity index (χ3v) is 15.7. The van der Waals surface area contributed by atoms with Crippen LogP contribution < -0.4 is 5.32 Å². The summed E-state index contributed by atoms with van der Waals surface area (Å²) in [7, 11) is 0. The minimum Gasteiger partial charge on any atom is -0.394 e. The maximum absolute atomic E-state index is 13.1. The average Bonchev–Trinajstić information content (AvgIpc) is 3.48. The van der Waals surface area contributed by atoms with Gasteiger partial charge in [-0.05, 0) is 77.0 Å². The van der Waals surface area contributed by atoms with Crippen molar-refractivity contribution >= 4 is 5.91 Å². The van der Waals surface area contributed by atoms with Crippen LogP contribution in [0.2, 0.25) is 0 Å². The van der Waals surface area contributed by atoms with Gasteiger partial charge in [-0.1, -0.05) is 310 Å². The van der Waals surface area contributed by atoms with E-state index in [4.69, 9.17) is 9.47 Å². The quantitative estimate of drug-likeness (QED) is 0.0261. The predicted molar refractivity (Wildman–Crippen MR) is 345 cm³/mol. The number of unbranched alkanes of at least 4 members (excludes halogenated alkanes) is 34. The lowest BCUT2D eigenvalue weighted by molar-refractivity contribution is -0.302. The Morgan fingerprint density at radius 1 is 0.432 bits per heavy atom. The molecule has 0 radical (unpaired) electrons. The fourth-order valence-corrected chi connectivity index (χ4v) is 10.4. The molecule has 0 aromatic heterocycles. The van der Waals surface area contributed by atoms with Crippen molar-refractivity contribution in [1.29, 1.82) is 0 Å². The van der Waals surface area contributed by atoms with Gasteiger partial charge in [-0.15, -0.1) is 0 Å². The van der Waals surface area contributed by atoms with E-state index in [1.165, 1.54) is 173 Å². The molecule has 0 aromatic carbocycles. The molecule has 7 unspecified atom stereocenters. The van der Waals surface area contributed by atoms with Crippen molar-refractivity contribution in [2.75, 3.05) is 13.2 Å². The normalized spacial score (nSPS) is 19.0. The van der Waals surface area contributed by atoms with Gasteiger partial charge in [-0.2, -0.15) is 0 Å². The van der Waals surface area contributed by atoms with E-state index in [2.05, 4.69) is 104 Å². The summed E-state index contributed by atoms with van der Waals surface area (Å²) in [5, 5.41) is 54.7. The summed E-state index contributed by atoms with van der Waals surface area (Å²) in [4.78, 5) is 13.1. The highest BCUT2D eigenvalue weighted by molar-refractivity contribution is 5.76. The number of carbonyl (C=O) groups is 1. The number of ether oxygens (including phenoxy) is 2.